The first-order chi connectivity index (χ1) is 12.1. The second-order valence-electron chi connectivity index (χ2n) is 5.07. The van der Waals surface area contributed by atoms with Gasteiger partial charge in [0.2, 0.25) is 0 Å². The second kappa shape index (κ2) is 18.8. The van der Waals surface area contributed by atoms with E-state index in [0.29, 0.717) is 24.4 Å². The minimum absolute atomic E-state index is 0.219. The SMILES string of the molecule is C=C(C)C(=O)OC.C=C(C)C(=O)OCCCC.CCOC(=O)C(C)=CO. The lowest BCUT2D eigenvalue weighted by Gasteiger charge is -2.01. The van der Waals surface area contributed by atoms with Gasteiger partial charge in [0.05, 0.1) is 32.2 Å². The van der Waals surface area contributed by atoms with Crippen LogP contribution in [0.2, 0.25) is 0 Å². The molecule has 0 radical (unpaired) electrons. The molecule has 0 atom stereocenters. The van der Waals surface area contributed by atoms with E-state index < -0.39 is 5.97 Å². The van der Waals surface area contributed by atoms with Gasteiger partial charge in [-0.2, -0.15) is 0 Å². The number of rotatable bonds is 7. The zero-order valence-electron chi connectivity index (χ0n) is 16.7. The van der Waals surface area contributed by atoms with Crippen molar-refractivity contribution in [1.82, 2.24) is 0 Å². The van der Waals surface area contributed by atoms with Crippen molar-refractivity contribution in [2.24, 2.45) is 0 Å². The summed E-state index contributed by atoms with van der Waals surface area (Å²) in [4.78, 5) is 31.4. The largest absolute Gasteiger partial charge is 0.515 e. The Hall–Kier alpha value is -2.57. The maximum atomic E-state index is 10.7. The van der Waals surface area contributed by atoms with Crippen LogP contribution in [-0.4, -0.2) is 43.3 Å². The topological polar surface area (TPSA) is 99.1 Å². The van der Waals surface area contributed by atoms with Gasteiger partial charge in [-0.1, -0.05) is 26.5 Å². The lowest BCUT2D eigenvalue weighted by Crippen LogP contribution is -2.05. The molecule has 0 aliphatic carbocycles. The molecule has 0 aliphatic heterocycles. The van der Waals surface area contributed by atoms with Crippen LogP contribution in [-0.2, 0) is 28.6 Å². The molecule has 150 valence electrons. The normalized spacial score (nSPS) is 9.38. The third kappa shape index (κ3) is 19.5. The van der Waals surface area contributed by atoms with Crippen molar-refractivity contribution >= 4 is 17.9 Å². The summed E-state index contributed by atoms with van der Waals surface area (Å²) in [5.74, 6) is -1.10. The number of aliphatic hydroxyl groups excluding tert-OH is 1. The maximum absolute atomic E-state index is 10.7. The summed E-state index contributed by atoms with van der Waals surface area (Å²) in [6, 6.07) is 0. The van der Waals surface area contributed by atoms with Crippen LogP contribution in [0.15, 0.2) is 36.1 Å². The van der Waals surface area contributed by atoms with Gasteiger partial charge in [0.1, 0.15) is 0 Å². The second-order valence-corrected chi connectivity index (χ2v) is 5.07. The fourth-order valence-electron chi connectivity index (χ4n) is 0.904. The van der Waals surface area contributed by atoms with Gasteiger partial charge in [-0.3, -0.25) is 0 Å². The zero-order valence-corrected chi connectivity index (χ0v) is 16.7. The molecule has 0 fully saturated rings. The van der Waals surface area contributed by atoms with Crippen molar-refractivity contribution in [3.63, 3.8) is 0 Å². The molecule has 0 amide bonds. The lowest BCUT2D eigenvalue weighted by molar-refractivity contribution is -0.139. The van der Waals surface area contributed by atoms with Crippen LogP contribution in [0.1, 0.15) is 47.5 Å². The molecular formula is C19H32O7. The molecule has 0 heterocycles. The first-order valence-electron chi connectivity index (χ1n) is 8.13. The quantitative estimate of drug-likeness (QED) is 0.239. The monoisotopic (exact) mass is 372 g/mol. The predicted molar refractivity (Wildman–Crippen MR) is 101 cm³/mol. The van der Waals surface area contributed by atoms with Crippen LogP contribution in [0.25, 0.3) is 0 Å². The summed E-state index contributed by atoms with van der Waals surface area (Å²) in [6.45, 7) is 16.2. The molecule has 7 heteroatoms. The minimum Gasteiger partial charge on any atom is -0.515 e. The van der Waals surface area contributed by atoms with Crippen molar-refractivity contribution in [2.75, 3.05) is 20.3 Å². The van der Waals surface area contributed by atoms with E-state index in [9.17, 15) is 14.4 Å². The summed E-state index contributed by atoms with van der Waals surface area (Å²) >= 11 is 0. The molecule has 26 heavy (non-hydrogen) atoms. The first-order valence-corrected chi connectivity index (χ1v) is 8.13. The van der Waals surface area contributed by atoms with Crippen molar-refractivity contribution in [3.05, 3.63) is 36.1 Å². The van der Waals surface area contributed by atoms with Crippen molar-refractivity contribution < 1.29 is 33.7 Å². The summed E-state index contributed by atoms with van der Waals surface area (Å²) in [7, 11) is 1.33. The molecule has 0 aromatic carbocycles. The summed E-state index contributed by atoms with van der Waals surface area (Å²) < 4.78 is 13.6. The minimum atomic E-state index is -0.472. The first kappa shape index (κ1) is 28.2. The van der Waals surface area contributed by atoms with Gasteiger partial charge in [0.15, 0.2) is 0 Å². The predicted octanol–water partition coefficient (Wildman–Crippen LogP) is 3.65. The highest BCUT2D eigenvalue weighted by molar-refractivity contribution is 5.87. The number of carbonyl (C=O) groups excluding carboxylic acids is 3. The Morgan fingerprint density at radius 2 is 1.42 bits per heavy atom. The third-order valence-electron chi connectivity index (χ3n) is 2.40. The van der Waals surface area contributed by atoms with Crippen LogP contribution < -0.4 is 0 Å². The van der Waals surface area contributed by atoms with Gasteiger partial charge in [-0.15, -0.1) is 0 Å². The molecule has 0 saturated carbocycles. The number of carbonyl (C=O) groups is 3. The average molecular weight is 372 g/mol. The van der Waals surface area contributed by atoms with Crippen molar-refractivity contribution in [3.8, 4) is 0 Å². The van der Waals surface area contributed by atoms with E-state index in [-0.39, 0.29) is 17.5 Å². The van der Waals surface area contributed by atoms with Crippen LogP contribution in [0.3, 0.4) is 0 Å². The molecule has 0 bridgehead atoms. The van der Waals surface area contributed by atoms with Gasteiger partial charge < -0.3 is 19.3 Å². The molecule has 0 rings (SSSR count). The molecule has 0 aromatic heterocycles. The number of esters is 3. The van der Waals surface area contributed by atoms with E-state index in [4.69, 9.17) is 9.84 Å². The lowest BCUT2D eigenvalue weighted by atomic mass is 10.3. The Kier molecular flexibility index (Phi) is 20.4. The highest BCUT2D eigenvalue weighted by Gasteiger charge is 2.02. The van der Waals surface area contributed by atoms with E-state index in [2.05, 4.69) is 29.6 Å². The highest BCUT2D eigenvalue weighted by atomic mass is 16.5. The van der Waals surface area contributed by atoms with Gasteiger partial charge >= 0.3 is 17.9 Å². The average Bonchev–Trinajstić information content (AvgIpc) is 2.61. The maximum Gasteiger partial charge on any atom is 0.336 e. The molecule has 0 unspecified atom stereocenters. The Morgan fingerprint density at radius 1 is 0.923 bits per heavy atom. The van der Waals surface area contributed by atoms with Gasteiger partial charge in [0.25, 0.3) is 0 Å². The van der Waals surface area contributed by atoms with Crippen LogP contribution in [0, 0.1) is 0 Å². The number of ether oxygens (including phenoxy) is 3. The van der Waals surface area contributed by atoms with Gasteiger partial charge in [-0.05, 0) is 34.1 Å². The smallest absolute Gasteiger partial charge is 0.336 e. The Morgan fingerprint density at radius 3 is 1.69 bits per heavy atom. The summed E-state index contributed by atoms with van der Waals surface area (Å²) in [5.41, 5.74) is 1.12. The Balaban J connectivity index is -0.000000310. The standard InChI is InChI=1S/C8H14O2.C6H10O3.C5H8O2/c1-4-5-6-10-8(9)7(2)3;1-3-9-6(8)5(2)4-7;1-4(2)5(6)7-3/h2,4-6H2,1,3H3;4,7H,3H2,1-2H3;1H2,2-3H3. The highest BCUT2D eigenvalue weighted by Crippen LogP contribution is 1.94. The van der Waals surface area contributed by atoms with Crippen LogP contribution >= 0.6 is 0 Å². The van der Waals surface area contributed by atoms with E-state index in [1.54, 1.807) is 20.8 Å². The third-order valence-corrected chi connectivity index (χ3v) is 2.40. The summed E-state index contributed by atoms with van der Waals surface area (Å²) in [6.07, 6.45) is 2.71. The Labute approximate surface area is 156 Å². The Bertz CT molecular complexity index is 490. The van der Waals surface area contributed by atoms with Gasteiger partial charge in [0, 0.05) is 11.1 Å². The van der Waals surface area contributed by atoms with Crippen LogP contribution in [0.5, 0.6) is 0 Å². The molecular weight excluding hydrogens is 340 g/mol. The van der Waals surface area contributed by atoms with E-state index >= 15 is 0 Å². The molecule has 7 nitrogen and oxygen atoms in total. The number of hydrogen-bond donors (Lipinski definition) is 1. The van der Waals surface area contributed by atoms with E-state index in [0.717, 1.165) is 19.1 Å². The number of hydrogen-bond acceptors (Lipinski definition) is 7. The number of methoxy groups -OCH3 is 1. The molecule has 0 aromatic rings. The van der Waals surface area contributed by atoms with E-state index in [1.165, 1.54) is 14.0 Å². The zero-order chi connectivity index (χ0) is 21.1. The summed E-state index contributed by atoms with van der Waals surface area (Å²) in [5, 5.41) is 8.27. The molecule has 1 N–H and O–H groups in total. The van der Waals surface area contributed by atoms with Crippen molar-refractivity contribution in [2.45, 2.75) is 47.5 Å². The van der Waals surface area contributed by atoms with Crippen LogP contribution in [0.4, 0.5) is 0 Å². The van der Waals surface area contributed by atoms with Crippen molar-refractivity contribution in [1.29, 1.82) is 0 Å². The number of aliphatic hydroxyl groups is 1. The number of unbranched alkanes of at least 4 members (excludes halogenated alkanes) is 1. The fraction of sp³-hybridized carbons (Fsp3) is 0.526. The van der Waals surface area contributed by atoms with E-state index in [1.807, 2.05) is 0 Å². The molecule has 0 spiro atoms. The fourth-order valence-corrected chi connectivity index (χ4v) is 0.904. The molecule has 0 aliphatic rings. The molecule has 0 saturated heterocycles. The van der Waals surface area contributed by atoms with Gasteiger partial charge in [-0.25, -0.2) is 14.4 Å².